The summed E-state index contributed by atoms with van der Waals surface area (Å²) in [6, 6.07) is 8.90. The van der Waals surface area contributed by atoms with Crippen molar-refractivity contribution in [2.75, 3.05) is 52.1 Å². The number of likely N-dealkylation sites (N-methyl/N-ethyl adjacent to an activating group) is 1. The molecule has 0 unspecified atom stereocenters. The molecule has 1 saturated heterocycles. The summed E-state index contributed by atoms with van der Waals surface area (Å²) in [5.41, 5.74) is 3.32. The maximum absolute atomic E-state index is 11.9. The number of fused-ring (bicyclic) bond motifs is 1. The highest BCUT2D eigenvalue weighted by Gasteiger charge is 2.20. The molecule has 166 valence electrons. The number of carbonyl (C=O) groups excluding carboxylic acids is 1. The van der Waals surface area contributed by atoms with Crippen LogP contribution in [0.4, 0.5) is 5.69 Å². The highest BCUT2D eigenvalue weighted by Crippen LogP contribution is 2.31. The van der Waals surface area contributed by atoms with E-state index in [0.29, 0.717) is 12.6 Å². The number of benzene rings is 1. The van der Waals surface area contributed by atoms with E-state index >= 15 is 0 Å². The molecule has 0 saturated carbocycles. The Kier molecular flexibility index (Phi) is 6.60. The lowest BCUT2D eigenvalue weighted by Gasteiger charge is -2.34. The Balaban J connectivity index is 1.39. The van der Waals surface area contributed by atoms with Gasteiger partial charge in [-0.1, -0.05) is 12.1 Å². The number of piperazine rings is 1. The van der Waals surface area contributed by atoms with Gasteiger partial charge in [-0.25, -0.2) is 4.98 Å². The zero-order valence-corrected chi connectivity index (χ0v) is 19.6. The summed E-state index contributed by atoms with van der Waals surface area (Å²) >= 11 is 1.75. The van der Waals surface area contributed by atoms with Gasteiger partial charge in [0.05, 0.1) is 23.4 Å². The van der Waals surface area contributed by atoms with Crippen molar-refractivity contribution in [3.05, 3.63) is 35.3 Å². The summed E-state index contributed by atoms with van der Waals surface area (Å²) < 4.78 is 0. The Morgan fingerprint density at radius 1 is 1.23 bits per heavy atom. The molecule has 31 heavy (non-hydrogen) atoms. The number of para-hydroxylation sites is 1. The third-order valence-corrected chi connectivity index (χ3v) is 6.60. The first-order chi connectivity index (χ1) is 14.9. The standard InChI is InChI=1S/C23H32N6OS/c1-16(2)25-19-7-5-6-17-12-20(26-22(17)19)23-24-13-18(31-23)14-28-8-10-29(11-9-28)15-21(30)27(3)4/h5-7,12-13,16,25-26H,8-11,14-15H2,1-4H3. The monoisotopic (exact) mass is 440 g/mol. The minimum absolute atomic E-state index is 0.172. The van der Waals surface area contributed by atoms with Gasteiger partial charge in [-0.2, -0.15) is 0 Å². The zero-order chi connectivity index (χ0) is 22.0. The maximum atomic E-state index is 11.9. The first-order valence-electron chi connectivity index (χ1n) is 10.9. The molecule has 0 radical (unpaired) electrons. The Bertz CT molecular complexity index is 1030. The van der Waals surface area contributed by atoms with Gasteiger partial charge < -0.3 is 15.2 Å². The van der Waals surface area contributed by atoms with Crippen molar-refractivity contribution in [1.82, 2.24) is 24.7 Å². The number of aromatic nitrogens is 2. The summed E-state index contributed by atoms with van der Waals surface area (Å²) in [5, 5.41) is 5.73. The number of thiazole rings is 1. The van der Waals surface area contributed by atoms with Crippen molar-refractivity contribution in [1.29, 1.82) is 0 Å². The molecule has 2 aromatic heterocycles. The Morgan fingerprint density at radius 3 is 2.68 bits per heavy atom. The third-order valence-electron chi connectivity index (χ3n) is 5.59. The molecule has 7 nitrogen and oxygen atoms in total. The van der Waals surface area contributed by atoms with Crippen molar-refractivity contribution < 1.29 is 4.79 Å². The molecule has 0 spiro atoms. The molecular formula is C23H32N6OS. The molecular weight excluding hydrogens is 408 g/mol. The first kappa shape index (κ1) is 21.8. The number of hydrogen-bond acceptors (Lipinski definition) is 6. The number of carbonyl (C=O) groups is 1. The van der Waals surface area contributed by atoms with Crippen LogP contribution in [0.2, 0.25) is 0 Å². The highest BCUT2D eigenvalue weighted by molar-refractivity contribution is 7.15. The fraction of sp³-hybridized carbons (Fsp3) is 0.478. The molecule has 1 aromatic carbocycles. The van der Waals surface area contributed by atoms with Crippen LogP contribution < -0.4 is 5.32 Å². The van der Waals surface area contributed by atoms with E-state index in [1.165, 1.54) is 10.3 Å². The molecule has 1 fully saturated rings. The lowest BCUT2D eigenvalue weighted by molar-refractivity contribution is -0.130. The number of nitrogens with one attached hydrogen (secondary N) is 2. The third kappa shape index (κ3) is 5.26. The number of amides is 1. The fourth-order valence-corrected chi connectivity index (χ4v) is 4.79. The lowest BCUT2D eigenvalue weighted by Crippen LogP contribution is -2.48. The minimum Gasteiger partial charge on any atom is -0.381 e. The van der Waals surface area contributed by atoms with Gasteiger partial charge in [0.1, 0.15) is 5.01 Å². The van der Waals surface area contributed by atoms with E-state index in [0.717, 1.165) is 54.6 Å². The van der Waals surface area contributed by atoms with Crippen molar-refractivity contribution in [2.45, 2.75) is 26.4 Å². The van der Waals surface area contributed by atoms with E-state index in [2.05, 4.69) is 58.2 Å². The number of H-pyrrole nitrogens is 1. The van der Waals surface area contributed by atoms with Gasteiger partial charge in [0, 0.05) is 69.3 Å². The molecule has 0 aliphatic carbocycles. The molecule has 0 atom stereocenters. The molecule has 0 bridgehead atoms. The highest BCUT2D eigenvalue weighted by atomic mass is 32.1. The predicted octanol–water partition coefficient (Wildman–Crippen LogP) is 3.32. The van der Waals surface area contributed by atoms with Gasteiger partial charge in [-0.3, -0.25) is 14.6 Å². The molecule has 1 aliphatic rings. The summed E-state index contributed by atoms with van der Waals surface area (Å²) in [6.07, 6.45) is 2.00. The first-order valence-corrected chi connectivity index (χ1v) is 11.7. The van der Waals surface area contributed by atoms with E-state index in [4.69, 9.17) is 4.98 Å². The number of hydrogen-bond donors (Lipinski definition) is 2. The van der Waals surface area contributed by atoms with Crippen molar-refractivity contribution in [3.8, 4) is 10.7 Å². The topological polar surface area (TPSA) is 67.5 Å². The number of aromatic amines is 1. The van der Waals surface area contributed by atoms with Crippen LogP contribution in [0.5, 0.6) is 0 Å². The van der Waals surface area contributed by atoms with Gasteiger partial charge in [-0.05, 0) is 26.0 Å². The van der Waals surface area contributed by atoms with E-state index in [9.17, 15) is 4.79 Å². The summed E-state index contributed by atoms with van der Waals surface area (Å²) in [7, 11) is 3.63. The van der Waals surface area contributed by atoms with Crippen molar-refractivity contribution in [2.24, 2.45) is 0 Å². The average Bonchev–Trinajstić information content (AvgIpc) is 3.36. The van der Waals surface area contributed by atoms with Gasteiger partial charge in [0.2, 0.25) is 5.91 Å². The maximum Gasteiger partial charge on any atom is 0.236 e. The van der Waals surface area contributed by atoms with Gasteiger partial charge in [-0.15, -0.1) is 11.3 Å². The molecule has 1 aliphatic heterocycles. The van der Waals surface area contributed by atoms with Crippen LogP contribution in [0, 0.1) is 0 Å². The SMILES string of the molecule is CC(C)Nc1cccc2cc(-c3ncc(CN4CCN(CC(=O)N(C)C)CC4)s3)[nH]c12. The second-order valence-corrected chi connectivity index (χ2v) is 9.84. The lowest BCUT2D eigenvalue weighted by atomic mass is 10.2. The largest absolute Gasteiger partial charge is 0.381 e. The van der Waals surface area contributed by atoms with Crippen molar-refractivity contribution in [3.63, 3.8) is 0 Å². The van der Waals surface area contributed by atoms with Crippen LogP contribution in [0.1, 0.15) is 18.7 Å². The summed E-state index contributed by atoms with van der Waals surface area (Å²) in [4.78, 5) is 27.8. The van der Waals surface area contributed by atoms with Gasteiger partial charge in [0.25, 0.3) is 0 Å². The van der Waals surface area contributed by atoms with E-state index < -0.39 is 0 Å². The number of nitrogens with zero attached hydrogens (tertiary/aromatic N) is 4. The summed E-state index contributed by atoms with van der Waals surface area (Å²) in [5.74, 6) is 0.172. The Labute approximate surface area is 188 Å². The Morgan fingerprint density at radius 2 is 1.97 bits per heavy atom. The van der Waals surface area contributed by atoms with Crippen LogP contribution in [0.3, 0.4) is 0 Å². The smallest absolute Gasteiger partial charge is 0.236 e. The predicted molar refractivity (Wildman–Crippen MR) is 129 cm³/mol. The van der Waals surface area contributed by atoms with Crippen LogP contribution in [0.25, 0.3) is 21.6 Å². The summed E-state index contributed by atoms with van der Waals surface area (Å²) in [6.45, 7) is 9.53. The quantitative estimate of drug-likeness (QED) is 0.590. The fourth-order valence-electron chi connectivity index (χ4n) is 3.87. The minimum atomic E-state index is 0.172. The molecule has 4 rings (SSSR count). The molecule has 3 aromatic rings. The molecule has 2 N–H and O–H groups in total. The van der Waals surface area contributed by atoms with E-state index in [1.54, 1.807) is 16.2 Å². The number of anilines is 1. The van der Waals surface area contributed by atoms with Crippen LogP contribution in [-0.2, 0) is 11.3 Å². The average molecular weight is 441 g/mol. The second-order valence-electron chi connectivity index (χ2n) is 8.72. The van der Waals surface area contributed by atoms with Crippen molar-refractivity contribution >= 4 is 33.8 Å². The van der Waals surface area contributed by atoms with Crippen LogP contribution >= 0.6 is 11.3 Å². The second kappa shape index (κ2) is 9.38. The molecule has 8 heteroatoms. The normalized spacial score (nSPS) is 15.6. The van der Waals surface area contributed by atoms with E-state index in [-0.39, 0.29) is 5.91 Å². The molecule has 1 amide bonds. The van der Waals surface area contributed by atoms with Gasteiger partial charge in [0.15, 0.2) is 0 Å². The van der Waals surface area contributed by atoms with Crippen LogP contribution in [-0.4, -0.2) is 83.4 Å². The zero-order valence-electron chi connectivity index (χ0n) is 18.8. The van der Waals surface area contributed by atoms with Crippen LogP contribution in [0.15, 0.2) is 30.5 Å². The number of rotatable bonds is 7. The Hall–Kier alpha value is -2.42. The van der Waals surface area contributed by atoms with Gasteiger partial charge >= 0.3 is 0 Å². The molecule has 3 heterocycles. The van der Waals surface area contributed by atoms with E-state index in [1.807, 2.05) is 20.3 Å².